The van der Waals surface area contributed by atoms with Crippen LogP contribution in [0.5, 0.6) is 0 Å². The van der Waals surface area contributed by atoms with Crippen molar-refractivity contribution in [3.05, 3.63) is 83.5 Å². The van der Waals surface area contributed by atoms with Crippen molar-refractivity contribution in [2.75, 3.05) is 25.0 Å². The number of carbonyl (C=O) groups is 3. The Kier molecular flexibility index (Phi) is 7.38. The molecule has 0 bridgehead atoms. The Labute approximate surface area is 217 Å². The molecule has 5 N–H and O–H groups in total. The molecule has 0 spiro atoms. The maximum Gasteiger partial charge on any atom is 0.253 e. The van der Waals surface area contributed by atoms with Crippen LogP contribution >= 0.6 is 11.3 Å². The monoisotopic (exact) mass is 514 g/mol. The summed E-state index contributed by atoms with van der Waals surface area (Å²) in [5.74, 6) is -0.525. The molecule has 3 amide bonds. The molecule has 10 heteroatoms. The largest absolute Gasteiger partial charge is 0.367 e. The highest BCUT2D eigenvalue weighted by molar-refractivity contribution is 7.14. The molecule has 1 saturated heterocycles. The van der Waals surface area contributed by atoms with Crippen molar-refractivity contribution in [1.82, 2.24) is 25.9 Å². The minimum Gasteiger partial charge on any atom is -0.367 e. The van der Waals surface area contributed by atoms with Gasteiger partial charge < -0.3 is 26.3 Å². The van der Waals surface area contributed by atoms with E-state index >= 15 is 0 Å². The van der Waals surface area contributed by atoms with Gasteiger partial charge in [0.2, 0.25) is 11.8 Å². The maximum absolute atomic E-state index is 12.3. The Morgan fingerprint density at radius 2 is 1.76 bits per heavy atom. The lowest BCUT2D eigenvalue weighted by Gasteiger charge is -2.25. The average molecular weight is 515 g/mol. The van der Waals surface area contributed by atoms with Gasteiger partial charge in [-0.2, -0.15) is 0 Å². The van der Waals surface area contributed by atoms with Crippen molar-refractivity contribution in [3.63, 3.8) is 0 Å². The Bertz CT molecular complexity index is 1410. The molecule has 4 aromatic rings. The second-order valence-electron chi connectivity index (χ2n) is 8.72. The van der Waals surface area contributed by atoms with Crippen LogP contribution in [-0.2, 0) is 16.1 Å². The van der Waals surface area contributed by atoms with Crippen molar-refractivity contribution in [2.45, 2.75) is 6.54 Å². The van der Waals surface area contributed by atoms with Gasteiger partial charge in [-0.1, -0.05) is 36.4 Å². The van der Waals surface area contributed by atoms with Crippen LogP contribution in [0, 0.1) is 5.92 Å². The van der Waals surface area contributed by atoms with E-state index in [1.165, 1.54) is 11.3 Å². The fourth-order valence-electron chi connectivity index (χ4n) is 3.88. The summed E-state index contributed by atoms with van der Waals surface area (Å²) in [6.07, 6.45) is 3.21. The van der Waals surface area contributed by atoms with Crippen molar-refractivity contribution in [2.24, 2.45) is 5.92 Å². The fourth-order valence-corrected chi connectivity index (χ4v) is 4.62. The number of amides is 3. The van der Waals surface area contributed by atoms with E-state index in [9.17, 15) is 14.4 Å². The van der Waals surface area contributed by atoms with E-state index in [-0.39, 0.29) is 30.2 Å². The third-order valence-electron chi connectivity index (χ3n) is 6.06. The van der Waals surface area contributed by atoms with Crippen molar-refractivity contribution in [1.29, 1.82) is 0 Å². The van der Waals surface area contributed by atoms with E-state index in [2.05, 4.69) is 43.4 Å². The standard InChI is InChI=1S/C27H26N6O3S/c34-24(15-31-25(35)21-7-8-28-12-21)33-27-32-23(16-37-27)20-6-2-5-19(10-20)18-4-1-3-17(9-18)11-30-26(36)22-13-29-14-22/h1-10,12,16,22,28-29H,11,13-15H2,(H,30,36)(H,31,35)(H,32,33,34). The lowest BCUT2D eigenvalue weighted by Crippen LogP contribution is -2.50. The quantitative estimate of drug-likeness (QED) is 0.235. The second kappa shape index (κ2) is 11.2. The molecule has 0 radical (unpaired) electrons. The summed E-state index contributed by atoms with van der Waals surface area (Å²) in [7, 11) is 0. The van der Waals surface area contributed by atoms with Crippen LogP contribution in [0.25, 0.3) is 22.4 Å². The molecule has 2 aromatic carbocycles. The van der Waals surface area contributed by atoms with Gasteiger partial charge in [-0.15, -0.1) is 11.3 Å². The lowest BCUT2D eigenvalue weighted by molar-refractivity contribution is -0.126. The van der Waals surface area contributed by atoms with E-state index in [0.29, 0.717) is 17.2 Å². The molecule has 1 aliphatic rings. The number of hydrogen-bond donors (Lipinski definition) is 5. The highest BCUT2D eigenvalue weighted by Crippen LogP contribution is 2.29. The number of H-pyrrole nitrogens is 1. The van der Waals surface area contributed by atoms with Crippen molar-refractivity contribution >= 4 is 34.2 Å². The van der Waals surface area contributed by atoms with Gasteiger partial charge in [0, 0.05) is 43.0 Å². The van der Waals surface area contributed by atoms with Crippen LogP contribution in [0.15, 0.2) is 72.4 Å². The van der Waals surface area contributed by atoms with E-state index < -0.39 is 0 Å². The van der Waals surface area contributed by atoms with Crippen LogP contribution in [0.4, 0.5) is 5.13 Å². The number of anilines is 1. The Hall–Kier alpha value is -4.28. The topological polar surface area (TPSA) is 128 Å². The fraction of sp³-hybridized carbons (Fsp3) is 0.185. The Balaban J connectivity index is 1.20. The average Bonchev–Trinajstić information content (AvgIpc) is 3.58. The van der Waals surface area contributed by atoms with Crippen LogP contribution in [0.2, 0.25) is 0 Å². The SMILES string of the molecule is O=C(CNC(=O)c1cc[nH]c1)Nc1nc(-c2cccc(-c3cccc(CNC(=O)C4CNC4)c3)c2)cs1. The highest BCUT2D eigenvalue weighted by atomic mass is 32.1. The molecular formula is C27H26N6O3S. The summed E-state index contributed by atoms with van der Waals surface area (Å²) in [6, 6.07) is 17.8. The van der Waals surface area contributed by atoms with E-state index in [0.717, 1.165) is 41.0 Å². The Morgan fingerprint density at radius 3 is 2.51 bits per heavy atom. The molecule has 5 rings (SSSR count). The molecule has 3 heterocycles. The van der Waals surface area contributed by atoms with Gasteiger partial charge >= 0.3 is 0 Å². The van der Waals surface area contributed by atoms with E-state index in [4.69, 9.17) is 0 Å². The Morgan fingerprint density at radius 1 is 0.973 bits per heavy atom. The predicted molar refractivity (Wildman–Crippen MR) is 143 cm³/mol. The highest BCUT2D eigenvalue weighted by Gasteiger charge is 2.24. The first-order valence-corrected chi connectivity index (χ1v) is 12.8. The third kappa shape index (κ3) is 6.11. The summed E-state index contributed by atoms with van der Waals surface area (Å²) < 4.78 is 0. The van der Waals surface area contributed by atoms with Gasteiger partial charge in [0.15, 0.2) is 5.13 Å². The zero-order chi connectivity index (χ0) is 25.6. The predicted octanol–water partition coefficient (Wildman–Crippen LogP) is 3.01. The number of thiazole rings is 1. The van der Waals surface area contributed by atoms with Crippen molar-refractivity contribution in [3.8, 4) is 22.4 Å². The van der Waals surface area contributed by atoms with E-state index in [1.54, 1.807) is 18.5 Å². The summed E-state index contributed by atoms with van der Waals surface area (Å²) in [6.45, 7) is 1.82. The van der Waals surface area contributed by atoms with Gasteiger partial charge in [-0.3, -0.25) is 14.4 Å². The van der Waals surface area contributed by atoms with Crippen LogP contribution < -0.4 is 21.3 Å². The van der Waals surface area contributed by atoms with Crippen molar-refractivity contribution < 1.29 is 14.4 Å². The molecular weight excluding hydrogens is 488 g/mol. The summed E-state index contributed by atoms with van der Waals surface area (Å²) in [4.78, 5) is 43.7. The maximum atomic E-state index is 12.3. The lowest BCUT2D eigenvalue weighted by atomic mass is 10.00. The zero-order valence-corrected chi connectivity index (χ0v) is 20.7. The number of hydrogen-bond acceptors (Lipinski definition) is 6. The summed E-state index contributed by atoms with van der Waals surface area (Å²) in [5, 5.41) is 13.8. The minimum absolute atomic E-state index is 0.0657. The first-order chi connectivity index (χ1) is 18.0. The smallest absolute Gasteiger partial charge is 0.253 e. The van der Waals surface area contributed by atoms with Gasteiger partial charge in [-0.05, 0) is 34.9 Å². The van der Waals surface area contributed by atoms with Gasteiger partial charge in [0.25, 0.3) is 5.91 Å². The number of rotatable bonds is 9. The van der Waals surface area contributed by atoms with Crippen LogP contribution in [0.3, 0.4) is 0 Å². The molecule has 1 aliphatic heterocycles. The molecule has 37 heavy (non-hydrogen) atoms. The van der Waals surface area contributed by atoms with E-state index in [1.807, 2.05) is 41.8 Å². The molecule has 188 valence electrons. The molecule has 1 fully saturated rings. The molecule has 9 nitrogen and oxygen atoms in total. The first-order valence-electron chi connectivity index (χ1n) is 11.9. The number of nitrogens with one attached hydrogen (secondary N) is 5. The van der Waals surface area contributed by atoms with Gasteiger partial charge in [0.1, 0.15) is 0 Å². The molecule has 0 saturated carbocycles. The number of nitrogens with zero attached hydrogens (tertiary/aromatic N) is 1. The number of aromatic amines is 1. The first kappa shape index (κ1) is 24.4. The van der Waals surface area contributed by atoms with Gasteiger partial charge in [-0.25, -0.2) is 4.98 Å². The minimum atomic E-state index is -0.351. The number of carbonyl (C=O) groups excluding carboxylic acids is 3. The molecule has 0 aliphatic carbocycles. The zero-order valence-electron chi connectivity index (χ0n) is 19.9. The molecule has 2 aromatic heterocycles. The van der Waals surface area contributed by atoms with Gasteiger partial charge in [0.05, 0.1) is 23.7 Å². The molecule has 0 atom stereocenters. The summed E-state index contributed by atoms with van der Waals surface area (Å²) >= 11 is 1.32. The third-order valence-corrected chi connectivity index (χ3v) is 6.82. The number of benzene rings is 2. The molecule has 0 unspecified atom stereocenters. The summed E-state index contributed by atoms with van der Waals surface area (Å²) in [5.41, 5.74) is 5.24. The second-order valence-corrected chi connectivity index (χ2v) is 9.58. The number of aromatic nitrogens is 2. The van der Waals surface area contributed by atoms with Crippen LogP contribution in [-0.4, -0.2) is 47.3 Å². The van der Waals surface area contributed by atoms with Crippen LogP contribution in [0.1, 0.15) is 15.9 Å². The normalized spacial score (nSPS) is 13.0.